The van der Waals surface area contributed by atoms with E-state index in [0.29, 0.717) is 5.02 Å². The molecule has 0 aromatic heterocycles. The number of halogens is 1. The molecule has 96 valence electrons. The molecular formula is C10H15ClN2O3S. The summed E-state index contributed by atoms with van der Waals surface area (Å²) in [6.45, 7) is 0.0270. The van der Waals surface area contributed by atoms with Crippen LogP contribution >= 0.6 is 11.6 Å². The summed E-state index contributed by atoms with van der Waals surface area (Å²) in [6.07, 6.45) is 0. The van der Waals surface area contributed by atoms with Crippen molar-refractivity contribution in [3.05, 3.63) is 34.9 Å². The largest absolute Gasteiger partial charge is 0.395 e. The van der Waals surface area contributed by atoms with Crippen LogP contribution in [0.1, 0.15) is 5.56 Å². The SMILES string of the molecule is CN(Cc1ccc(Cl)cc1)S(=O)(=O)NCCO. The third kappa shape index (κ3) is 4.61. The standard InChI is InChI=1S/C10H15ClN2O3S/c1-13(17(15,16)12-6-7-14)8-9-2-4-10(11)5-3-9/h2-5,12,14H,6-8H2,1H3. The van der Waals surface area contributed by atoms with Gasteiger partial charge < -0.3 is 5.11 Å². The molecule has 0 radical (unpaired) electrons. The van der Waals surface area contributed by atoms with Gasteiger partial charge in [-0.25, -0.2) is 0 Å². The number of aliphatic hydroxyl groups excluding tert-OH is 1. The lowest BCUT2D eigenvalue weighted by Crippen LogP contribution is -2.39. The Kier molecular flexibility index (Phi) is 5.35. The second-order valence-corrected chi connectivity index (χ2v) is 5.80. The van der Waals surface area contributed by atoms with Crippen molar-refractivity contribution in [1.29, 1.82) is 0 Å². The van der Waals surface area contributed by atoms with Crippen molar-refractivity contribution in [2.75, 3.05) is 20.2 Å². The van der Waals surface area contributed by atoms with Gasteiger partial charge in [0.2, 0.25) is 0 Å². The van der Waals surface area contributed by atoms with E-state index in [1.54, 1.807) is 24.3 Å². The average molecular weight is 279 g/mol. The van der Waals surface area contributed by atoms with Crippen LogP contribution in [-0.2, 0) is 16.8 Å². The van der Waals surface area contributed by atoms with Crippen LogP contribution < -0.4 is 4.72 Å². The third-order valence-electron chi connectivity index (χ3n) is 2.13. The lowest BCUT2D eigenvalue weighted by Gasteiger charge is -2.17. The van der Waals surface area contributed by atoms with Gasteiger partial charge in [0.05, 0.1) is 6.61 Å². The fourth-order valence-corrected chi connectivity index (χ4v) is 2.23. The molecule has 0 aliphatic rings. The first kappa shape index (κ1) is 14.4. The molecule has 0 aliphatic carbocycles. The van der Waals surface area contributed by atoms with E-state index in [4.69, 9.17) is 16.7 Å². The van der Waals surface area contributed by atoms with Gasteiger partial charge in [-0.3, -0.25) is 0 Å². The van der Waals surface area contributed by atoms with E-state index in [-0.39, 0.29) is 19.7 Å². The predicted octanol–water partition coefficient (Wildman–Crippen LogP) is 0.599. The quantitative estimate of drug-likeness (QED) is 0.801. The second-order valence-electron chi connectivity index (χ2n) is 3.51. The minimum atomic E-state index is -3.54. The van der Waals surface area contributed by atoms with Crippen LogP contribution in [0, 0.1) is 0 Å². The van der Waals surface area contributed by atoms with Gasteiger partial charge in [-0.1, -0.05) is 23.7 Å². The summed E-state index contributed by atoms with van der Waals surface area (Å²) < 4.78 is 26.7. The first-order valence-corrected chi connectivity index (χ1v) is 6.84. The lowest BCUT2D eigenvalue weighted by atomic mass is 10.2. The van der Waals surface area contributed by atoms with Crippen LogP contribution in [0.2, 0.25) is 5.02 Å². The van der Waals surface area contributed by atoms with Gasteiger partial charge in [-0.05, 0) is 17.7 Å². The molecule has 5 nitrogen and oxygen atoms in total. The molecule has 0 saturated heterocycles. The summed E-state index contributed by atoms with van der Waals surface area (Å²) in [5.74, 6) is 0. The number of hydrogen-bond acceptors (Lipinski definition) is 3. The topological polar surface area (TPSA) is 69.6 Å². The number of aliphatic hydroxyl groups is 1. The van der Waals surface area contributed by atoms with E-state index < -0.39 is 10.2 Å². The number of hydrogen-bond donors (Lipinski definition) is 2. The molecule has 0 bridgehead atoms. The zero-order valence-electron chi connectivity index (χ0n) is 9.43. The highest BCUT2D eigenvalue weighted by molar-refractivity contribution is 7.87. The Morgan fingerprint density at radius 2 is 1.94 bits per heavy atom. The van der Waals surface area contributed by atoms with Crippen molar-refractivity contribution in [2.45, 2.75) is 6.54 Å². The smallest absolute Gasteiger partial charge is 0.279 e. The van der Waals surface area contributed by atoms with Gasteiger partial charge >= 0.3 is 0 Å². The Morgan fingerprint density at radius 3 is 2.47 bits per heavy atom. The Morgan fingerprint density at radius 1 is 1.35 bits per heavy atom. The van der Waals surface area contributed by atoms with Crippen molar-refractivity contribution in [3.63, 3.8) is 0 Å². The molecule has 7 heteroatoms. The van der Waals surface area contributed by atoms with Crippen LogP contribution in [-0.4, -0.2) is 38.0 Å². The van der Waals surface area contributed by atoms with Crippen LogP contribution in [0.3, 0.4) is 0 Å². The van der Waals surface area contributed by atoms with Crippen molar-refractivity contribution in [2.24, 2.45) is 0 Å². The summed E-state index contributed by atoms with van der Waals surface area (Å²) in [7, 11) is -2.07. The Bertz CT molecular complexity index is 447. The molecule has 17 heavy (non-hydrogen) atoms. The van der Waals surface area contributed by atoms with E-state index in [1.165, 1.54) is 11.4 Å². The van der Waals surface area contributed by atoms with Crippen molar-refractivity contribution < 1.29 is 13.5 Å². The van der Waals surface area contributed by atoms with Crippen molar-refractivity contribution in [3.8, 4) is 0 Å². The van der Waals surface area contributed by atoms with E-state index >= 15 is 0 Å². The monoisotopic (exact) mass is 278 g/mol. The Hall–Kier alpha value is -0.660. The first-order chi connectivity index (χ1) is 7.95. The van der Waals surface area contributed by atoms with Gasteiger partial charge in [-0.15, -0.1) is 0 Å². The van der Waals surface area contributed by atoms with Gasteiger partial charge in [-0.2, -0.15) is 17.4 Å². The molecule has 0 amide bonds. The molecule has 0 heterocycles. The highest BCUT2D eigenvalue weighted by atomic mass is 35.5. The maximum Gasteiger partial charge on any atom is 0.279 e. The minimum Gasteiger partial charge on any atom is -0.395 e. The first-order valence-electron chi connectivity index (χ1n) is 5.02. The van der Waals surface area contributed by atoms with Crippen LogP contribution in [0.25, 0.3) is 0 Å². The summed E-state index contributed by atoms with van der Waals surface area (Å²) >= 11 is 5.73. The van der Waals surface area contributed by atoms with Gasteiger partial charge in [0.15, 0.2) is 0 Å². The molecule has 1 aromatic carbocycles. The van der Waals surface area contributed by atoms with Crippen LogP contribution in [0.15, 0.2) is 24.3 Å². The molecule has 0 atom stereocenters. The zero-order valence-corrected chi connectivity index (χ0v) is 11.0. The minimum absolute atomic E-state index is 0.00723. The van der Waals surface area contributed by atoms with Gasteiger partial charge in [0.25, 0.3) is 10.2 Å². The third-order valence-corrected chi connectivity index (χ3v) is 3.90. The lowest BCUT2D eigenvalue weighted by molar-refractivity contribution is 0.299. The molecule has 0 saturated carbocycles. The molecule has 2 N–H and O–H groups in total. The number of nitrogens with one attached hydrogen (secondary N) is 1. The number of nitrogens with zero attached hydrogens (tertiary/aromatic N) is 1. The van der Waals surface area contributed by atoms with E-state index in [0.717, 1.165) is 5.56 Å². The molecule has 1 aromatic rings. The Balaban J connectivity index is 2.65. The highest BCUT2D eigenvalue weighted by Gasteiger charge is 2.16. The molecule has 1 rings (SSSR count). The number of benzene rings is 1. The van der Waals surface area contributed by atoms with Gasteiger partial charge in [0.1, 0.15) is 0 Å². The zero-order chi connectivity index (χ0) is 12.9. The summed E-state index contributed by atoms with van der Waals surface area (Å²) in [5, 5.41) is 9.18. The predicted molar refractivity (Wildman–Crippen MR) is 66.9 cm³/mol. The molecule has 0 unspecified atom stereocenters. The fourth-order valence-electron chi connectivity index (χ4n) is 1.22. The van der Waals surface area contributed by atoms with E-state index in [1.807, 2.05) is 0 Å². The Labute approximate surface area is 106 Å². The summed E-state index contributed by atoms with van der Waals surface area (Å²) in [6, 6.07) is 6.94. The normalized spacial score (nSPS) is 12.0. The maximum atomic E-state index is 11.6. The molecular weight excluding hydrogens is 264 g/mol. The molecule has 0 fully saturated rings. The van der Waals surface area contributed by atoms with Crippen LogP contribution in [0.4, 0.5) is 0 Å². The van der Waals surface area contributed by atoms with Crippen molar-refractivity contribution in [1.82, 2.24) is 9.03 Å². The van der Waals surface area contributed by atoms with Crippen LogP contribution in [0.5, 0.6) is 0 Å². The highest BCUT2D eigenvalue weighted by Crippen LogP contribution is 2.11. The fraction of sp³-hybridized carbons (Fsp3) is 0.400. The maximum absolute atomic E-state index is 11.6. The second kappa shape index (κ2) is 6.32. The van der Waals surface area contributed by atoms with Crippen molar-refractivity contribution >= 4 is 21.8 Å². The molecule has 0 spiro atoms. The summed E-state index contributed by atoms with van der Waals surface area (Å²) in [5.41, 5.74) is 0.839. The van der Waals surface area contributed by atoms with Gasteiger partial charge in [0, 0.05) is 25.2 Å². The summed E-state index contributed by atoms with van der Waals surface area (Å²) in [4.78, 5) is 0. The molecule has 0 aliphatic heterocycles. The van der Waals surface area contributed by atoms with E-state index in [2.05, 4.69) is 4.72 Å². The number of rotatable bonds is 6. The van der Waals surface area contributed by atoms with E-state index in [9.17, 15) is 8.42 Å². The average Bonchev–Trinajstić information content (AvgIpc) is 2.29.